The molecular weight excluding hydrogens is 230 g/mol. The molecular formula is C13H23N3O2. The van der Waals surface area contributed by atoms with Gasteiger partial charge in [-0.05, 0) is 38.5 Å². The van der Waals surface area contributed by atoms with Gasteiger partial charge in [-0.15, -0.1) is 0 Å². The maximum atomic E-state index is 12.4. The second kappa shape index (κ2) is 4.53. The van der Waals surface area contributed by atoms with Crippen molar-refractivity contribution in [2.24, 2.45) is 17.6 Å². The number of nitrogens with one attached hydrogen (secondary N) is 1. The van der Waals surface area contributed by atoms with E-state index in [0.29, 0.717) is 18.4 Å². The molecule has 1 aliphatic heterocycles. The van der Waals surface area contributed by atoms with E-state index in [0.717, 1.165) is 6.54 Å². The quantitative estimate of drug-likeness (QED) is 0.749. The van der Waals surface area contributed by atoms with E-state index >= 15 is 0 Å². The van der Waals surface area contributed by atoms with E-state index in [4.69, 9.17) is 5.73 Å². The lowest BCUT2D eigenvalue weighted by Gasteiger charge is -2.29. The van der Waals surface area contributed by atoms with Crippen LogP contribution in [0, 0.1) is 11.8 Å². The molecule has 2 atom stereocenters. The first kappa shape index (κ1) is 13.3. The van der Waals surface area contributed by atoms with E-state index in [9.17, 15) is 9.59 Å². The van der Waals surface area contributed by atoms with E-state index in [1.165, 1.54) is 19.8 Å². The molecule has 0 unspecified atom stereocenters. The third kappa shape index (κ3) is 2.66. The fourth-order valence-electron chi connectivity index (χ4n) is 2.93. The average Bonchev–Trinajstić information content (AvgIpc) is 2.99. The zero-order chi connectivity index (χ0) is 13.5. The highest BCUT2D eigenvalue weighted by molar-refractivity contribution is 5.90. The molecule has 0 aromatic carbocycles. The van der Waals surface area contributed by atoms with Crippen molar-refractivity contribution in [1.29, 1.82) is 0 Å². The molecule has 1 saturated heterocycles. The largest absolute Gasteiger partial charge is 0.342 e. The Morgan fingerprint density at radius 2 is 1.89 bits per heavy atom. The fourth-order valence-corrected chi connectivity index (χ4v) is 2.93. The molecule has 5 heteroatoms. The summed E-state index contributed by atoms with van der Waals surface area (Å²) in [5, 5.41) is 2.70. The molecule has 2 aliphatic rings. The van der Waals surface area contributed by atoms with E-state index in [-0.39, 0.29) is 17.9 Å². The minimum Gasteiger partial charge on any atom is -0.342 e. The Kier molecular flexibility index (Phi) is 3.36. The van der Waals surface area contributed by atoms with E-state index in [2.05, 4.69) is 5.32 Å². The van der Waals surface area contributed by atoms with Crippen LogP contribution in [0.2, 0.25) is 0 Å². The highest BCUT2D eigenvalue weighted by Gasteiger charge is 2.44. The number of hydrogen-bond acceptors (Lipinski definition) is 3. The normalized spacial score (nSPS) is 28.3. The Balaban J connectivity index is 1.99. The van der Waals surface area contributed by atoms with Crippen LogP contribution in [-0.4, -0.2) is 41.4 Å². The molecule has 5 nitrogen and oxygen atoms in total. The predicted molar refractivity (Wildman–Crippen MR) is 68.7 cm³/mol. The van der Waals surface area contributed by atoms with E-state index < -0.39 is 5.54 Å². The molecule has 0 aromatic rings. The van der Waals surface area contributed by atoms with Gasteiger partial charge in [-0.2, -0.15) is 0 Å². The molecule has 3 N–H and O–H groups in total. The molecule has 1 aliphatic carbocycles. The monoisotopic (exact) mass is 253 g/mol. The fraction of sp³-hybridized carbons (Fsp3) is 0.846. The molecule has 102 valence electrons. The number of rotatable bonds is 3. The van der Waals surface area contributed by atoms with Gasteiger partial charge in [-0.3, -0.25) is 9.59 Å². The highest BCUT2D eigenvalue weighted by atomic mass is 16.2. The first-order valence-electron chi connectivity index (χ1n) is 6.65. The molecule has 0 bridgehead atoms. The first-order chi connectivity index (χ1) is 8.31. The van der Waals surface area contributed by atoms with Crippen molar-refractivity contribution in [1.82, 2.24) is 10.2 Å². The molecule has 0 radical (unpaired) electrons. The summed E-state index contributed by atoms with van der Waals surface area (Å²) >= 11 is 0. The molecule has 2 fully saturated rings. The zero-order valence-corrected chi connectivity index (χ0v) is 11.4. The van der Waals surface area contributed by atoms with Crippen molar-refractivity contribution < 1.29 is 9.59 Å². The van der Waals surface area contributed by atoms with Gasteiger partial charge in [0.05, 0.1) is 0 Å². The average molecular weight is 253 g/mol. The highest BCUT2D eigenvalue weighted by Crippen LogP contribution is 2.41. The Hall–Kier alpha value is -1.10. The summed E-state index contributed by atoms with van der Waals surface area (Å²) in [6.45, 7) is 6.27. The molecule has 18 heavy (non-hydrogen) atoms. The Bertz CT molecular complexity index is 363. The minimum atomic E-state index is -0.843. The van der Waals surface area contributed by atoms with Crippen LogP contribution < -0.4 is 11.1 Å². The number of likely N-dealkylation sites (tertiary alicyclic amines) is 1. The maximum Gasteiger partial charge on any atom is 0.247 e. The summed E-state index contributed by atoms with van der Waals surface area (Å²) in [7, 11) is 0. The van der Waals surface area contributed by atoms with E-state index in [1.807, 2.05) is 4.90 Å². The first-order valence-corrected chi connectivity index (χ1v) is 6.65. The van der Waals surface area contributed by atoms with Crippen LogP contribution in [-0.2, 0) is 9.59 Å². The Morgan fingerprint density at radius 3 is 2.39 bits per heavy atom. The number of hydrogen-bond donors (Lipinski definition) is 2. The van der Waals surface area contributed by atoms with Gasteiger partial charge in [0.25, 0.3) is 0 Å². The van der Waals surface area contributed by atoms with Crippen molar-refractivity contribution in [3.63, 3.8) is 0 Å². The zero-order valence-electron chi connectivity index (χ0n) is 11.4. The van der Waals surface area contributed by atoms with Crippen molar-refractivity contribution in [3.8, 4) is 0 Å². The summed E-state index contributed by atoms with van der Waals surface area (Å²) in [6.07, 6.45) is 2.49. The van der Waals surface area contributed by atoms with Crippen molar-refractivity contribution in [2.45, 2.75) is 45.2 Å². The van der Waals surface area contributed by atoms with Crippen molar-refractivity contribution >= 4 is 11.8 Å². The number of nitrogens with two attached hydrogens (primary N) is 1. The lowest BCUT2D eigenvalue weighted by atomic mass is 9.99. The minimum absolute atomic E-state index is 0.0312. The van der Waals surface area contributed by atoms with Crippen LogP contribution in [0.4, 0.5) is 0 Å². The number of amides is 2. The van der Waals surface area contributed by atoms with Crippen LogP contribution in [0.15, 0.2) is 0 Å². The third-order valence-electron chi connectivity index (χ3n) is 3.95. The standard InChI is InChI=1S/C13H23N3O2/c1-8(17)15-13(2,3)12(18)16-6-10(9-4-5-9)11(14)7-16/h9-11H,4-7,14H2,1-3H3,(H,15,17)/t10-,11+/m1/s1. The van der Waals surface area contributed by atoms with Gasteiger partial charge in [0.1, 0.15) is 5.54 Å². The third-order valence-corrected chi connectivity index (χ3v) is 3.95. The lowest BCUT2D eigenvalue weighted by Crippen LogP contribution is -2.55. The van der Waals surface area contributed by atoms with Gasteiger partial charge in [0, 0.05) is 26.1 Å². The van der Waals surface area contributed by atoms with Crippen LogP contribution >= 0.6 is 0 Å². The summed E-state index contributed by atoms with van der Waals surface area (Å²) in [4.78, 5) is 25.3. The van der Waals surface area contributed by atoms with Gasteiger partial charge in [0.2, 0.25) is 11.8 Å². The molecule has 2 amide bonds. The van der Waals surface area contributed by atoms with Gasteiger partial charge in [-0.1, -0.05) is 0 Å². The predicted octanol–water partition coefficient (Wildman–Crippen LogP) is 0.0968. The Morgan fingerprint density at radius 1 is 1.28 bits per heavy atom. The summed E-state index contributed by atoms with van der Waals surface area (Å²) < 4.78 is 0. The van der Waals surface area contributed by atoms with Crippen molar-refractivity contribution in [2.75, 3.05) is 13.1 Å². The van der Waals surface area contributed by atoms with Gasteiger partial charge in [-0.25, -0.2) is 0 Å². The second-order valence-electron chi connectivity index (χ2n) is 6.18. The number of carbonyl (C=O) groups is 2. The van der Waals surface area contributed by atoms with Crippen LogP contribution in [0.1, 0.15) is 33.6 Å². The second-order valence-corrected chi connectivity index (χ2v) is 6.18. The summed E-state index contributed by atoms with van der Waals surface area (Å²) in [5.74, 6) is 0.940. The molecule has 1 heterocycles. The van der Waals surface area contributed by atoms with Gasteiger partial charge < -0.3 is 16.0 Å². The van der Waals surface area contributed by atoms with Crippen molar-refractivity contribution in [3.05, 3.63) is 0 Å². The summed E-state index contributed by atoms with van der Waals surface area (Å²) in [5.41, 5.74) is 5.27. The number of nitrogens with zero attached hydrogens (tertiary/aromatic N) is 1. The molecule has 2 rings (SSSR count). The molecule has 0 spiro atoms. The van der Waals surface area contributed by atoms with Gasteiger partial charge >= 0.3 is 0 Å². The smallest absolute Gasteiger partial charge is 0.247 e. The van der Waals surface area contributed by atoms with Crippen LogP contribution in [0.3, 0.4) is 0 Å². The Labute approximate surface area is 108 Å². The topological polar surface area (TPSA) is 75.4 Å². The SMILES string of the molecule is CC(=O)NC(C)(C)C(=O)N1C[C@H](C2CC2)[C@@H](N)C1. The van der Waals surface area contributed by atoms with E-state index in [1.54, 1.807) is 13.8 Å². The number of carbonyl (C=O) groups excluding carboxylic acids is 2. The lowest BCUT2D eigenvalue weighted by molar-refractivity contribution is -0.139. The van der Waals surface area contributed by atoms with Gasteiger partial charge in [0.15, 0.2) is 0 Å². The molecule has 1 saturated carbocycles. The molecule has 0 aromatic heterocycles. The van der Waals surface area contributed by atoms with Crippen LogP contribution in [0.5, 0.6) is 0 Å². The summed E-state index contributed by atoms with van der Waals surface area (Å²) in [6, 6.07) is 0.0922. The maximum absolute atomic E-state index is 12.4. The van der Waals surface area contributed by atoms with Crippen LogP contribution in [0.25, 0.3) is 0 Å².